The molecule has 0 saturated carbocycles. The number of carbonyl (C=O) groups excluding carboxylic acids is 1. The van der Waals surface area contributed by atoms with Crippen molar-refractivity contribution in [1.29, 1.82) is 0 Å². The van der Waals surface area contributed by atoms with Crippen LogP contribution in [0.1, 0.15) is 16.8 Å². The highest BCUT2D eigenvalue weighted by Crippen LogP contribution is 2.16. The van der Waals surface area contributed by atoms with Crippen LogP contribution in [0.25, 0.3) is 0 Å². The number of methoxy groups -OCH3 is 2. The number of nitrogens with two attached hydrogens (primary N) is 1. The second kappa shape index (κ2) is 9.11. The van der Waals surface area contributed by atoms with Crippen molar-refractivity contribution in [2.24, 2.45) is 0 Å². The molecule has 0 aliphatic rings. The van der Waals surface area contributed by atoms with E-state index in [1.165, 1.54) is 19.4 Å². The van der Waals surface area contributed by atoms with Gasteiger partial charge in [-0.3, -0.25) is 0 Å². The smallest absolute Gasteiger partial charge is 0.341 e. The van der Waals surface area contributed by atoms with Crippen molar-refractivity contribution >= 4 is 17.5 Å². The quantitative estimate of drug-likeness (QED) is 0.514. The molecule has 0 aliphatic heterocycles. The first-order chi connectivity index (χ1) is 9.69. The largest absolute Gasteiger partial charge is 0.465 e. The maximum absolute atomic E-state index is 11.6. The number of anilines is 2. The summed E-state index contributed by atoms with van der Waals surface area (Å²) in [6.07, 6.45) is 2.28. The van der Waals surface area contributed by atoms with Crippen molar-refractivity contribution in [3.63, 3.8) is 0 Å². The number of carbonyl (C=O) groups is 1. The van der Waals surface area contributed by atoms with Crippen molar-refractivity contribution in [3.05, 3.63) is 17.8 Å². The molecule has 0 spiro atoms. The fourth-order valence-electron chi connectivity index (χ4n) is 1.51. The minimum Gasteiger partial charge on any atom is -0.465 e. The molecule has 0 fully saturated rings. The number of hydrogen-bond acceptors (Lipinski definition) is 7. The number of pyridine rings is 1. The van der Waals surface area contributed by atoms with Crippen LogP contribution in [0.5, 0.6) is 0 Å². The van der Waals surface area contributed by atoms with Crippen LogP contribution in [0, 0.1) is 0 Å². The maximum atomic E-state index is 11.6. The van der Waals surface area contributed by atoms with Crippen molar-refractivity contribution in [2.45, 2.75) is 6.42 Å². The van der Waals surface area contributed by atoms with Crippen LogP contribution in [-0.4, -0.2) is 51.5 Å². The predicted molar refractivity (Wildman–Crippen MR) is 75.8 cm³/mol. The monoisotopic (exact) mass is 283 g/mol. The Kier molecular flexibility index (Phi) is 7.38. The van der Waals surface area contributed by atoms with Gasteiger partial charge in [-0.05, 0) is 12.5 Å². The van der Waals surface area contributed by atoms with Gasteiger partial charge in [-0.2, -0.15) is 0 Å². The molecule has 1 aromatic heterocycles. The van der Waals surface area contributed by atoms with Crippen LogP contribution < -0.4 is 11.1 Å². The molecular formula is C13H21N3O4. The van der Waals surface area contributed by atoms with Gasteiger partial charge in [0.05, 0.1) is 32.2 Å². The summed E-state index contributed by atoms with van der Waals surface area (Å²) in [4.78, 5) is 15.7. The number of aromatic nitrogens is 1. The first-order valence-corrected chi connectivity index (χ1v) is 6.33. The minimum absolute atomic E-state index is 0.327. The molecule has 7 heteroatoms. The zero-order valence-corrected chi connectivity index (χ0v) is 11.8. The molecule has 112 valence electrons. The number of nitrogen functional groups attached to an aromatic ring is 1. The van der Waals surface area contributed by atoms with Crippen molar-refractivity contribution in [1.82, 2.24) is 4.98 Å². The van der Waals surface area contributed by atoms with Crippen molar-refractivity contribution in [2.75, 3.05) is 51.6 Å². The molecule has 0 atom stereocenters. The van der Waals surface area contributed by atoms with Crippen LogP contribution >= 0.6 is 0 Å². The summed E-state index contributed by atoms with van der Waals surface area (Å²) in [5, 5.41) is 3.07. The van der Waals surface area contributed by atoms with E-state index in [0.717, 1.165) is 6.42 Å². The first-order valence-electron chi connectivity index (χ1n) is 6.33. The van der Waals surface area contributed by atoms with Gasteiger partial charge >= 0.3 is 5.97 Å². The third kappa shape index (κ3) is 5.41. The van der Waals surface area contributed by atoms with E-state index < -0.39 is 5.97 Å². The molecule has 7 nitrogen and oxygen atoms in total. The maximum Gasteiger partial charge on any atom is 0.341 e. The van der Waals surface area contributed by atoms with Crippen LogP contribution in [0.15, 0.2) is 12.3 Å². The Labute approximate surface area is 118 Å². The van der Waals surface area contributed by atoms with Crippen molar-refractivity contribution < 1.29 is 19.0 Å². The lowest BCUT2D eigenvalue weighted by molar-refractivity contribution is 0.0601. The zero-order chi connectivity index (χ0) is 14.8. The summed E-state index contributed by atoms with van der Waals surface area (Å²) < 4.78 is 14.9. The molecule has 0 amide bonds. The molecule has 0 aliphatic carbocycles. The highest BCUT2D eigenvalue weighted by molar-refractivity contribution is 5.95. The lowest BCUT2D eigenvalue weighted by Gasteiger charge is -2.10. The van der Waals surface area contributed by atoms with Gasteiger partial charge in [-0.15, -0.1) is 0 Å². The summed E-state index contributed by atoms with van der Waals surface area (Å²) in [7, 11) is 2.95. The third-order valence-corrected chi connectivity index (χ3v) is 2.50. The summed E-state index contributed by atoms with van der Waals surface area (Å²) in [5.74, 6) is -0.00779. The van der Waals surface area contributed by atoms with Gasteiger partial charge in [0, 0.05) is 20.3 Å². The fraction of sp³-hybridized carbons (Fsp3) is 0.538. The molecule has 3 N–H and O–H groups in total. The molecular weight excluding hydrogens is 262 g/mol. The van der Waals surface area contributed by atoms with E-state index in [4.69, 9.17) is 19.9 Å². The van der Waals surface area contributed by atoms with Gasteiger partial charge in [0.2, 0.25) is 0 Å². The predicted octanol–water partition coefficient (Wildman–Crippen LogP) is 0.915. The standard InChI is InChI=1S/C13H21N3O4/c1-18-6-7-20-5-3-4-15-12-11(13(17)19-2)8-10(14)9-16-12/h8-9H,3-7,14H2,1-2H3,(H,15,16). The van der Waals surface area contributed by atoms with E-state index in [-0.39, 0.29) is 0 Å². The Balaban J connectivity index is 2.41. The van der Waals surface area contributed by atoms with Gasteiger partial charge in [-0.1, -0.05) is 0 Å². The summed E-state index contributed by atoms with van der Waals surface area (Å²) in [6.45, 7) is 2.40. The SMILES string of the molecule is COCCOCCCNc1ncc(N)cc1C(=O)OC. The number of rotatable bonds is 9. The second-order valence-corrected chi connectivity index (χ2v) is 4.04. The first kappa shape index (κ1) is 16.2. The normalized spacial score (nSPS) is 10.3. The molecule has 0 bridgehead atoms. The van der Waals surface area contributed by atoms with Gasteiger partial charge < -0.3 is 25.3 Å². The number of ether oxygens (including phenoxy) is 3. The van der Waals surface area contributed by atoms with Gasteiger partial charge in [0.1, 0.15) is 11.4 Å². The van der Waals surface area contributed by atoms with E-state index in [2.05, 4.69) is 10.3 Å². The molecule has 20 heavy (non-hydrogen) atoms. The highest BCUT2D eigenvalue weighted by Gasteiger charge is 2.13. The summed E-state index contributed by atoms with van der Waals surface area (Å²) in [6, 6.07) is 1.54. The molecule has 1 heterocycles. The number of hydrogen-bond donors (Lipinski definition) is 2. The Hall–Kier alpha value is -1.86. The van der Waals surface area contributed by atoms with Gasteiger partial charge in [0.25, 0.3) is 0 Å². The van der Waals surface area contributed by atoms with Crippen LogP contribution in [-0.2, 0) is 14.2 Å². The molecule has 0 aromatic carbocycles. The van der Waals surface area contributed by atoms with Crippen LogP contribution in [0.4, 0.5) is 11.5 Å². The topological polar surface area (TPSA) is 95.7 Å². The van der Waals surface area contributed by atoms with E-state index in [1.54, 1.807) is 7.11 Å². The molecule has 0 saturated heterocycles. The van der Waals surface area contributed by atoms with E-state index in [0.29, 0.717) is 43.4 Å². The van der Waals surface area contributed by atoms with Crippen molar-refractivity contribution in [3.8, 4) is 0 Å². The lowest BCUT2D eigenvalue weighted by Crippen LogP contribution is -2.13. The van der Waals surface area contributed by atoms with E-state index in [1.807, 2.05) is 0 Å². The molecule has 1 rings (SSSR count). The number of esters is 1. The Morgan fingerprint density at radius 1 is 1.35 bits per heavy atom. The average Bonchev–Trinajstić information content (AvgIpc) is 2.46. The Morgan fingerprint density at radius 2 is 2.15 bits per heavy atom. The van der Waals surface area contributed by atoms with Crippen LogP contribution in [0.3, 0.4) is 0 Å². The molecule has 0 unspecified atom stereocenters. The zero-order valence-electron chi connectivity index (χ0n) is 11.8. The molecule has 1 aromatic rings. The van der Waals surface area contributed by atoms with Gasteiger partial charge in [0.15, 0.2) is 0 Å². The lowest BCUT2D eigenvalue weighted by atomic mass is 10.2. The number of nitrogens with one attached hydrogen (secondary N) is 1. The van der Waals surface area contributed by atoms with E-state index >= 15 is 0 Å². The second-order valence-electron chi connectivity index (χ2n) is 4.04. The van der Waals surface area contributed by atoms with E-state index in [9.17, 15) is 4.79 Å². The highest BCUT2D eigenvalue weighted by atomic mass is 16.5. The Morgan fingerprint density at radius 3 is 2.85 bits per heavy atom. The summed E-state index contributed by atoms with van der Waals surface area (Å²) >= 11 is 0. The molecule has 0 radical (unpaired) electrons. The minimum atomic E-state index is -0.469. The fourth-order valence-corrected chi connectivity index (χ4v) is 1.51. The Bertz CT molecular complexity index is 426. The van der Waals surface area contributed by atoms with Crippen LogP contribution in [0.2, 0.25) is 0 Å². The average molecular weight is 283 g/mol. The summed E-state index contributed by atoms with van der Waals surface area (Å²) in [5.41, 5.74) is 6.36. The number of nitrogens with zero attached hydrogens (tertiary/aromatic N) is 1. The van der Waals surface area contributed by atoms with Gasteiger partial charge in [-0.25, -0.2) is 9.78 Å². The third-order valence-electron chi connectivity index (χ3n) is 2.50.